The number of amides is 3. The summed E-state index contributed by atoms with van der Waals surface area (Å²) >= 11 is 0. The zero-order valence-corrected chi connectivity index (χ0v) is 31.6. The van der Waals surface area contributed by atoms with Gasteiger partial charge in [0.15, 0.2) is 25.1 Å². The molecule has 27 nitrogen and oxygen atoms in total. The number of carbonyl (C=O) groups excluding carboxylic acids is 3. The second kappa shape index (κ2) is 21.3. The van der Waals surface area contributed by atoms with Crippen molar-refractivity contribution in [2.75, 3.05) is 26.4 Å². The molecule has 0 aromatic carbocycles. The van der Waals surface area contributed by atoms with Crippen molar-refractivity contribution >= 4 is 23.7 Å². The van der Waals surface area contributed by atoms with Gasteiger partial charge in [0.1, 0.15) is 104 Å². The van der Waals surface area contributed by atoms with Crippen LogP contribution in [0.5, 0.6) is 0 Å². The molecule has 4 aliphatic heterocycles. The summed E-state index contributed by atoms with van der Waals surface area (Å²) in [7, 11) is 0. The molecule has 4 heterocycles. The lowest BCUT2D eigenvalue weighted by Crippen LogP contribution is -2.71. The minimum atomic E-state index is -2.05. The fourth-order valence-electron chi connectivity index (χ4n) is 6.90. The van der Waals surface area contributed by atoms with Gasteiger partial charge in [-0.25, -0.2) is 0 Å². The second-order valence-corrected chi connectivity index (χ2v) is 14.4. The van der Waals surface area contributed by atoms with Crippen molar-refractivity contribution in [3.63, 3.8) is 0 Å². The number of aliphatic hydroxyl groups is 11. The molecular weight excluding hydrogens is 808 g/mol. The van der Waals surface area contributed by atoms with E-state index in [1.54, 1.807) is 0 Å². The van der Waals surface area contributed by atoms with Crippen molar-refractivity contribution in [3.05, 3.63) is 0 Å². The van der Waals surface area contributed by atoms with Gasteiger partial charge in [-0.05, 0) is 0 Å². The average Bonchev–Trinajstić information content (AvgIpc) is 3.18. The van der Waals surface area contributed by atoms with E-state index in [-0.39, 0.29) is 0 Å². The molecule has 21 atom stereocenters. The largest absolute Gasteiger partial charge is 0.480 e. The third-order valence-corrected chi connectivity index (χ3v) is 10.0. The Kier molecular flexibility index (Phi) is 17.6. The number of aliphatic hydroxyl groups excluding tert-OH is 11. The number of rotatable bonds is 16. The molecule has 4 aliphatic rings. The summed E-state index contributed by atoms with van der Waals surface area (Å²) in [6.45, 7) is -1.31. The van der Waals surface area contributed by atoms with E-state index in [4.69, 9.17) is 44.0 Å². The molecule has 3 unspecified atom stereocenters. The number of aliphatic carboxylic acids is 1. The molecule has 0 radical (unpaired) electrons. The zero-order chi connectivity index (χ0) is 44.0. The van der Waals surface area contributed by atoms with E-state index < -0.39 is 185 Å². The van der Waals surface area contributed by atoms with E-state index in [1.165, 1.54) is 0 Å². The molecule has 4 rings (SSSR count). The van der Waals surface area contributed by atoms with Gasteiger partial charge in [-0.2, -0.15) is 0 Å². The van der Waals surface area contributed by atoms with Crippen LogP contribution >= 0.6 is 0 Å². The normalized spacial score (nSPS) is 43.3. The highest BCUT2D eigenvalue weighted by molar-refractivity contribution is 5.84. The van der Waals surface area contributed by atoms with Crippen LogP contribution in [0.1, 0.15) is 20.3 Å². The Hall–Kier alpha value is -2.88. The van der Waals surface area contributed by atoms with Crippen molar-refractivity contribution in [1.29, 1.82) is 0 Å². The maximum Gasteiger partial charge on any atom is 0.321 e. The number of hydrogen-bond acceptors (Lipinski definition) is 23. The summed E-state index contributed by atoms with van der Waals surface area (Å²) in [6, 6.07) is -4.82. The maximum atomic E-state index is 12.6. The average molecular weight is 863 g/mol. The third kappa shape index (κ3) is 11.5. The van der Waals surface area contributed by atoms with Crippen LogP contribution in [-0.4, -0.2) is 240 Å². The Bertz CT molecular complexity index is 1420. The Morgan fingerprint density at radius 1 is 0.576 bits per heavy atom. The molecular formula is C32H54N4O23. The molecule has 3 amide bonds. The minimum absolute atomic E-state index is 0.733. The van der Waals surface area contributed by atoms with Crippen molar-refractivity contribution in [2.45, 2.75) is 149 Å². The van der Waals surface area contributed by atoms with Gasteiger partial charge in [-0.15, -0.1) is 0 Å². The highest BCUT2D eigenvalue weighted by Gasteiger charge is 2.55. The van der Waals surface area contributed by atoms with Gasteiger partial charge >= 0.3 is 5.97 Å². The van der Waals surface area contributed by atoms with Crippen LogP contribution in [0.15, 0.2) is 0 Å². The maximum absolute atomic E-state index is 12.6. The van der Waals surface area contributed by atoms with Crippen LogP contribution in [0, 0.1) is 0 Å². The summed E-state index contributed by atoms with van der Waals surface area (Å²) in [5.74, 6) is -3.99. The van der Waals surface area contributed by atoms with Gasteiger partial charge in [0.2, 0.25) is 17.7 Å². The fraction of sp³-hybridized carbons (Fsp3) is 0.875. The summed E-state index contributed by atoms with van der Waals surface area (Å²) in [4.78, 5) is 48.2. The van der Waals surface area contributed by atoms with Gasteiger partial charge in [-0.1, -0.05) is 0 Å². The van der Waals surface area contributed by atoms with E-state index in [9.17, 15) is 75.3 Å². The predicted octanol–water partition coefficient (Wildman–Crippen LogP) is -10.5. The Balaban J connectivity index is 1.52. The van der Waals surface area contributed by atoms with Crippen LogP contribution < -0.4 is 21.7 Å². The predicted molar refractivity (Wildman–Crippen MR) is 183 cm³/mol. The molecule has 0 aliphatic carbocycles. The van der Waals surface area contributed by atoms with Gasteiger partial charge in [0.05, 0.1) is 32.8 Å². The van der Waals surface area contributed by atoms with Gasteiger partial charge in [0, 0.05) is 13.8 Å². The lowest BCUT2D eigenvalue weighted by Gasteiger charge is -2.50. The van der Waals surface area contributed by atoms with Crippen molar-refractivity contribution < 1.29 is 114 Å². The lowest BCUT2D eigenvalue weighted by atomic mass is 9.93. The SMILES string of the molecule is CC(=O)N[C@@H]1[C@@H](O)[C@H](OC2O[C@H](CO)[C@@H](OC3O[C@H](COC4O[C@H](CO)[C@@H](O)[C@H](O)[C@@H]4O)[C@@H](O)[C@H](O)[C@@H]3O)[C@H](O)[C@H]2NC(C)=O)[C@@H](CO)O[C@H]1NC(=O)C[C@H](N)C(=O)O. The molecule has 340 valence electrons. The highest BCUT2D eigenvalue weighted by Crippen LogP contribution is 2.33. The topological polar surface area (TPSA) is 438 Å². The van der Waals surface area contributed by atoms with E-state index >= 15 is 0 Å². The van der Waals surface area contributed by atoms with Crippen molar-refractivity contribution in [3.8, 4) is 0 Å². The first-order valence-corrected chi connectivity index (χ1v) is 18.4. The quantitative estimate of drug-likeness (QED) is 0.0685. The first-order chi connectivity index (χ1) is 27.7. The molecule has 4 saturated heterocycles. The number of carboxylic acid groups (broad SMARTS) is 1. The number of ether oxygens (including phenoxy) is 7. The first-order valence-electron chi connectivity index (χ1n) is 18.4. The molecule has 0 aromatic heterocycles. The molecule has 59 heavy (non-hydrogen) atoms. The molecule has 0 bridgehead atoms. The Morgan fingerprint density at radius 3 is 1.58 bits per heavy atom. The summed E-state index contributed by atoms with van der Waals surface area (Å²) in [5.41, 5.74) is 5.42. The van der Waals surface area contributed by atoms with E-state index in [0.29, 0.717) is 0 Å². The number of carbonyl (C=O) groups is 4. The van der Waals surface area contributed by atoms with Gasteiger partial charge in [0.25, 0.3) is 0 Å². The lowest BCUT2D eigenvalue weighted by molar-refractivity contribution is -0.363. The third-order valence-electron chi connectivity index (χ3n) is 10.0. The van der Waals surface area contributed by atoms with Crippen molar-refractivity contribution in [2.24, 2.45) is 5.73 Å². The first kappa shape index (κ1) is 48.8. The number of hydrogen-bond donors (Lipinski definition) is 16. The molecule has 17 N–H and O–H groups in total. The standard InChI is InChI=1S/C32H54N4O23/c1-8(40)34-16-20(45)26(12(5-38)54-28(16)36-15(42)3-10(33)29(51)52)58-30-17(35-9(2)41)21(46)27(13(6-39)56-30)59-32-25(50)23(48)19(44)14(57-32)7-53-31-24(49)22(47)18(43)11(4-37)55-31/h10-14,16-28,30-32,37-39,43-50H,3-7,33H2,1-2H3,(H,34,40)(H,35,41)(H,36,42)(H,51,52)/t10-,11+,12+,13+,14+,16+,17+,18+,19+,20+,21+,22-,23-,24-,25-,26+,27+,28+,30?,31?,32?/m0/s1. The summed E-state index contributed by atoms with van der Waals surface area (Å²) in [5, 5.41) is 132. The summed E-state index contributed by atoms with van der Waals surface area (Å²) in [6.07, 6.45) is -32.5. The van der Waals surface area contributed by atoms with Crippen molar-refractivity contribution in [1.82, 2.24) is 16.0 Å². The molecule has 0 aromatic rings. The van der Waals surface area contributed by atoms with Gasteiger partial charge in [-0.3, -0.25) is 19.2 Å². The zero-order valence-electron chi connectivity index (χ0n) is 31.6. The van der Waals surface area contributed by atoms with E-state index in [2.05, 4.69) is 16.0 Å². The van der Waals surface area contributed by atoms with Crippen LogP contribution in [-0.2, 0) is 52.3 Å². The van der Waals surface area contributed by atoms with Crippen LogP contribution in [0.3, 0.4) is 0 Å². The Labute approximate surface area is 334 Å². The number of nitrogens with two attached hydrogens (primary N) is 1. The fourth-order valence-corrected chi connectivity index (χ4v) is 6.90. The minimum Gasteiger partial charge on any atom is -0.480 e. The number of nitrogens with one attached hydrogen (secondary N) is 3. The monoisotopic (exact) mass is 862 g/mol. The molecule has 0 saturated carbocycles. The molecule has 0 spiro atoms. The number of carboxylic acids is 1. The second-order valence-electron chi connectivity index (χ2n) is 14.4. The summed E-state index contributed by atoms with van der Waals surface area (Å²) < 4.78 is 39.6. The Morgan fingerprint density at radius 2 is 1.03 bits per heavy atom. The van der Waals surface area contributed by atoms with Crippen LogP contribution in [0.2, 0.25) is 0 Å². The molecule has 4 fully saturated rings. The molecule has 27 heteroatoms. The van der Waals surface area contributed by atoms with E-state index in [1.807, 2.05) is 0 Å². The van der Waals surface area contributed by atoms with Gasteiger partial charge < -0.3 is 116 Å². The van der Waals surface area contributed by atoms with Crippen LogP contribution in [0.4, 0.5) is 0 Å². The smallest absolute Gasteiger partial charge is 0.321 e. The van der Waals surface area contributed by atoms with Crippen LogP contribution in [0.25, 0.3) is 0 Å². The highest BCUT2D eigenvalue weighted by atomic mass is 16.8. The van der Waals surface area contributed by atoms with E-state index in [0.717, 1.165) is 13.8 Å².